The predicted octanol–water partition coefficient (Wildman–Crippen LogP) is 1.25. The number of nitrogens with one attached hydrogen (secondary N) is 4. The maximum atomic E-state index is 4.38. The maximum absolute atomic E-state index is 4.38. The number of aliphatic imine (C=N–C) groups is 1. The van der Waals surface area contributed by atoms with E-state index in [0.29, 0.717) is 11.9 Å². The minimum absolute atomic E-state index is 0.656. The molecule has 1 saturated heterocycles. The average molecular weight is 450 g/mol. The van der Waals surface area contributed by atoms with Crippen LogP contribution < -0.4 is 21.7 Å². The topological polar surface area (TPSA) is 72.8 Å². The van der Waals surface area contributed by atoms with Crippen molar-refractivity contribution in [3.8, 4) is 0 Å². The number of unbranched alkanes of at least 4 members (excludes halogenated alkanes) is 3. The van der Waals surface area contributed by atoms with Gasteiger partial charge < -0.3 is 0 Å². The fraction of sp³-hybridized carbons (Fsp3) is 0.750. The molecule has 1 heterocycles. The second-order valence-corrected chi connectivity index (χ2v) is 4.83. The summed E-state index contributed by atoms with van der Waals surface area (Å²) in [7, 11) is 0. The SMILES string of the molecule is ICCCCCCN=C1NNNC(=NI)N1. The van der Waals surface area contributed by atoms with Crippen molar-refractivity contribution in [2.45, 2.75) is 25.7 Å². The number of hydrazine groups is 2. The molecule has 0 atom stereocenters. The molecule has 0 aromatic carbocycles. The summed E-state index contributed by atoms with van der Waals surface area (Å²) < 4.78 is 5.20. The summed E-state index contributed by atoms with van der Waals surface area (Å²) >= 11 is 4.33. The third-order valence-corrected chi connectivity index (χ3v) is 3.24. The van der Waals surface area contributed by atoms with Gasteiger partial charge in [-0.3, -0.25) is 21.2 Å². The Kier molecular flexibility index (Phi) is 8.19. The molecule has 4 N–H and O–H groups in total. The molecular formula is C8H16I2N6. The van der Waals surface area contributed by atoms with E-state index in [9.17, 15) is 0 Å². The average Bonchev–Trinajstić information content (AvgIpc) is 2.34. The number of alkyl halides is 1. The van der Waals surface area contributed by atoms with Gasteiger partial charge >= 0.3 is 0 Å². The third kappa shape index (κ3) is 6.03. The van der Waals surface area contributed by atoms with Crippen LogP contribution in [-0.4, -0.2) is 22.9 Å². The van der Waals surface area contributed by atoms with Crippen molar-refractivity contribution in [1.82, 2.24) is 21.7 Å². The molecule has 1 fully saturated rings. The highest BCUT2D eigenvalue weighted by molar-refractivity contribution is 14.1. The summed E-state index contributed by atoms with van der Waals surface area (Å²) in [6.45, 7) is 0.840. The van der Waals surface area contributed by atoms with Crippen LogP contribution >= 0.6 is 45.5 Å². The van der Waals surface area contributed by atoms with E-state index < -0.39 is 0 Å². The van der Waals surface area contributed by atoms with Gasteiger partial charge in [0.1, 0.15) is 0 Å². The Bertz CT molecular complexity index is 255. The van der Waals surface area contributed by atoms with Gasteiger partial charge in [-0.25, -0.2) is 0 Å². The quantitative estimate of drug-likeness (QED) is 0.280. The Hall–Kier alpha value is 0.160. The fourth-order valence-electron chi connectivity index (χ4n) is 1.20. The van der Waals surface area contributed by atoms with Crippen molar-refractivity contribution < 1.29 is 0 Å². The number of halogens is 2. The number of hydrogen-bond acceptors (Lipinski definition) is 3. The largest absolute Gasteiger partial charge is 0.294 e. The van der Waals surface area contributed by atoms with E-state index >= 15 is 0 Å². The minimum atomic E-state index is 0.656. The zero-order chi connectivity index (χ0) is 11.6. The van der Waals surface area contributed by atoms with Crippen molar-refractivity contribution in [3.63, 3.8) is 0 Å². The number of rotatable bonds is 6. The van der Waals surface area contributed by atoms with Gasteiger partial charge in [0, 0.05) is 6.54 Å². The zero-order valence-corrected chi connectivity index (χ0v) is 13.2. The smallest absolute Gasteiger partial charge is 0.224 e. The number of hydrogen-bond donors (Lipinski definition) is 4. The second kappa shape index (κ2) is 9.22. The van der Waals surface area contributed by atoms with Crippen LogP contribution in [0.2, 0.25) is 0 Å². The van der Waals surface area contributed by atoms with Crippen LogP contribution in [0.3, 0.4) is 0 Å². The highest BCUT2D eigenvalue weighted by atomic mass is 127. The summed E-state index contributed by atoms with van der Waals surface area (Å²) in [5.41, 5.74) is 8.45. The normalized spacial score (nSPS) is 20.4. The molecule has 0 unspecified atom stereocenters. The Labute approximate surface area is 123 Å². The summed E-state index contributed by atoms with van der Waals surface area (Å²) in [5, 5.41) is 3.01. The molecule has 0 aromatic heterocycles. The van der Waals surface area contributed by atoms with Gasteiger partial charge in [0.15, 0.2) is 0 Å². The lowest BCUT2D eigenvalue weighted by atomic mass is 10.2. The first-order valence-corrected chi connectivity index (χ1v) is 7.69. The fourth-order valence-corrected chi connectivity index (χ4v) is 1.98. The van der Waals surface area contributed by atoms with Crippen molar-refractivity contribution in [1.29, 1.82) is 0 Å². The molecule has 16 heavy (non-hydrogen) atoms. The van der Waals surface area contributed by atoms with Crippen molar-refractivity contribution in [2.75, 3.05) is 11.0 Å². The molecule has 8 heteroatoms. The van der Waals surface area contributed by atoms with E-state index in [4.69, 9.17) is 0 Å². The molecule has 92 valence electrons. The van der Waals surface area contributed by atoms with Crippen molar-refractivity contribution >= 4 is 57.4 Å². The van der Waals surface area contributed by atoms with Gasteiger partial charge in [0.2, 0.25) is 11.9 Å². The van der Waals surface area contributed by atoms with Gasteiger partial charge in [-0.2, -0.15) is 3.21 Å². The Morgan fingerprint density at radius 1 is 1.00 bits per heavy atom. The molecule has 0 saturated carbocycles. The molecule has 0 spiro atoms. The lowest BCUT2D eigenvalue weighted by molar-refractivity contribution is 0.571. The molecule has 1 rings (SSSR count). The monoisotopic (exact) mass is 450 g/mol. The van der Waals surface area contributed by atoms with Crippen LogP contribution in [0.5, 0.6) is 0 Å². The molecule has 0 radical (unpaired) electrons. The zero-order valence-electron chi connectivity index (χ0n) is 8.89. The van der Waals surface area contributed by atoms with E-state index in [2.05, 4.69) is 52.5 Å². The molecule has 1 aliphatic heterocycles. The molecule has 0 aromatic rings. The minimum Gasteiger partial charge on any atom is -0.294 e. The molecule has 0 aliphatic carbocycles. The highest BCUT2D eigenvalue weighted by Gasteiger charge is 2.07. The molecule has 1 aliphatic rings. The van der Waals surface area contributed by atoms with Crippen LogP contribution in [0.1, 0.15) is 25.7 Å². The Balaban J connectivity index is 2.13. The van der Waals surface area contributed by atoms with Gasteiger partial charge in [-0.15, -0.1) is 5.53 Å². The van der Waals surface area contributed by atoms with Crippen LogP contribution in [0.25, 0.3) is 0 Å². The molecular weight excluding hydrogens is 434 g/mol. The Morgan fingerprint density at radius 3 is 2.50 bits per heavy atom. The van der Waals surface area contributed by atoms with Crippen LogP contribution in [0, 0.1) is 0 Å². The van der Waals surface area contributed by atoms with E-state index in [-0.39, 0.29) is 0 Å². The third-order valence-electron chi connectivity index (χ3n) is 1.99. The highest BCUT2D eigenvalue weighted by Crippen LogP contribution is 2.02. The predicted molar refractivity (Wildman–Crippen MR) is 83.7 cm³/mol. The van der Waals surface area contributed by atoms with E-state index in [0.717, 1.165) is 13.0 Å². The standard InChI is InChI=1S/C8H16I2N6/c9-5-3-1-2-4-6-11-7-12-8(13-10)15-16-14-7/h16H,1-6H2,(H3,11,12,13,14,15). The summed E-state index contributed by atoms with van der Waals surface area (Å²) in [6, 6.07) is 0. The van der Waals surface area contributed by atoms with Crippen LogP contribution in [0.15, 0.2) is 8.20 Å². The lowest BCUT2D eigenvalue weighted by Gasteiger charge is -2.21. The first-order chi connectivity index (χ1) is 7.86. The summed E-state index contributed by atoms with van der Waals surface area (Å²) in [4.78, 5) is 4.38. The van der Waals surface area contributed by atoms with Gasteiger partial charge in [-0.1, -0.05) is 35.4 Å². The van der Waals surface area contributed by atoms with E-state index in [1.807, 2.05) is 22.9 Å². The first-order valence-electron chi connectivity index (χ1n) is 5.20. The van der Waals surface area contributed by atoms with Crippen LogP contribution in [0.4, 0.5) is 0 Å². The van der Waals surface area contributed by atoms with E-state index in [1.165, 1.54) is 23.7 Å². The lowest BCUT2D eigenvalue weighted by Crippen LogP contribution is -2.64. The van der Waals surface area contributed by atoms with E-state index in [1.54, 1.807) is 0 Å². The van der Waals surface area contributed by atoms with Crippen molar-refractivity contribution in [3.05, 3.63) is 0 Å². The van der Waals surface area contributed by atoms with Gasteiger partial charge in [0.05, 0.1) is 22.9 Å². The first kappa shape index (κ1) is 14.2. The van der Waals surface area contributed by atoms with Crippen LogP contribution in [-0.2, 0) is 0 Å². The summed E-state index contributed by atoms with van der Waals surface area (Å²) in [5.74, 6) is 1.37. The molecule has 0 amide bonds. The molecule has 0 bridgehead atoms. The van der Waals surface area contributed by atoms with Crippen molar-refractivity contribution in [2.24, 2.45) is 8.20 Å². The Morgan fingerprint density at radius 2 is 1.75 bits per heavy atom. The molecule has 6 nitrogen and oxygen atoms in total. The van der Waals surface area contributed by atoms with Gasteiger partial charge in [-0.05, 0) is 17.3 Å². The number of guanidine groups is 2. The maximum Gasteiger partial charge on any atom is 0.224 e. The second-order valence-electron chi connectivity index (χ2n) is 3.27. The summed E-state index contributed by atoms with van der Waals surface area (Å²) in [6.07, 6.45) is 4.99. The van der Waals surface area contributed by atoms with Gasteiger partial charge in [0.25, 0.3) is 0 Å². The number of nitrogens with zero attached hydrogens (tertiary/aromatic N) is 2.